The molecular formula is C22H34N2O2S. The molecule has 150 valence electrons. The van der Waals surface area contributed by atoms with Crippen LogP contribution in [0.15, 0.2) is 29.2 Å². The van der Waals surface area contributed by atoms with Gasteiger partial charge in [-0.3, -0.25) is 4.79 Å². The van der Waals surface area contributed by atoms with E-state index in [1.807, 2.05) is 38.1 Å². The lowest BCUT2D eigenvalue weighted by Gasteiger charge is -2.47. The topological polar surface area (TPSA) is 50.4 Å². The lowest BCUT2D eigenvalue weighted by atomic mass is 9.63. The van der Waals surface area contributed by atoms with Gasteiger partial charge in [-0.1, -0.05) is 13.8 Å². The Morgan fingerprint density at radius 2 is 1.81 bits per heavy atom. The number of hydrogen-bond acceptors (Lipinski definition) is 4. The zero-order valence-corrected chi connectivity index (χ0v) is 18.1. The first-order valence-corrected chi connectivity index (χ1v) is 11.0. The lowest BCUT2D eigenvalue weighted by molar-refractivity contribution is -0.128. The van der Waals surface area contributed by atoms with Gasteiger partial charge in [0.15, 0.2) is 0 Å². The van der Waals surface area contributed by atoms with Gasteiger partial charge in [0.2, 0.25) is 5.91 Å². The third-order valence-corrected chi connectivity index (χ3v) is 7.37. The Labute approximate surface area is 168 Å². The number of amides is 1. The average Bonchev–Trinajstić information content (AvgIpc) is 2.63. The molecule has 1 aromatic rings. The molecule has 27 heavy (non-hydrogen) atoms. The van der Waals surface area contributed by atoms with Crippen molar-refractivity contribution in [2.24, 2.45) is 23.7 Å². The maximum absolute atomic E-state index is 13.0. The predicted molar refractivity (Wildman–Crippen MR) is 112 cm³/mol. The summed E-state index contributed by atoms with van der Waals surface area (Å²) in [6.45, 7) is 8.59. The standard InChI is InChI=1S/C22H34N2O2S/c1-14-10-16-12-15(2)20(17(11-14)13-16)23-21(25)22(3,4)24-27-19-8-6-18(26-5)7-9-19/h6-9,14-17,20,24H,10-13H2,1-5H3,(H,23,25). The molecule has 0 heterocycles. The Bertz CT molecular complexity index is 642. The summed E-state index contributed by atoms with van der Waals surface area (Å²) in [5.74, 6) is 3.78. The largest absolute Gasteiger partial charge is 0.497 e. The minimum Gasteiger partial charge on any atom is -0.497 e. The summed E-state index contributed by atoms with van der Waals surface area (Å²) >= 11 is 1.49. The first-order valence-electron chi connectivity index (χ1n) is 10.2. The third-order valence-electron chi connectivity index (χ3n) is 6.25. The Morgan fingerprint density at radius 3 is 2.48 bits per heavy atom. The van der Waals surface area contributed by atoms with Crippen molar-refractivity contribution in [2.45, 2.75) is 69.9 Å². The van der Waals surface area contributed by atoms with Crippen molar-refractivity contribution in [3.63, 3.8) is 0 Å². The van der Waals surface area contributed by atoms with Crippen LogP contribution in [-0.2, 0) is 4.79 Å². The molecule has 5 unspecified atom stereocenters. The number of ether oxygens (including phenoxy) is 1. The van der Waals surface area contributed by atoms with Gasteiger partial charge < -0.3 is 10.1 Å². The molecule has 5 atom stereocenters. The predicted octanol–water partition coefficient (Wildman–Crippen LogP) is 4.65. The van der Waals surface area contributed by atoms with E-state index in [4.69, 9.17) is 4.74 Å². The first kappa shape index (κ1) is 20.5. The van der Waals surface area contributed by atoms with Gasteiger partial charge in [0.25, 0.3) is 0 Å². The van der Waals surface area contributed by atoms with E-state index in [2.05, 4.69) is 23.9 Å². The molecule has 0 spiro atoms. The van der Waals surface area contributed by atoms with Crippen molar-refractivity contribution in [3.05, 3.63) is 24.3 Å². The molecular weight excluding hydrogens is 356 g/mol. The van der Waals surface area contributed by atoms with Crippen molar-refractivity contribution in [1.29, 1.82) is 0 Å². The minimum absolute atomic E-state index is 0.0945. The van der Waals surface area contributed by atoms with E-state index in [0.29, 0.717) is 17.9 Å². The van der Waals surface area contributed by atoms with Gasteiger partial charge in [0.05, 0.1) is 7.11 Å². The van der Waals surface area contributed by atoms with E-state index in [-0.39, 0.29) is 5.91 Å². The second-order valence-electron chi connectivity index (χ2n) is 9.16. The summed E-state index contributed by atoms with van der Waals surface area (Å²) in [5, 5.41) is 3.40. The van der Waals surface area contributed by atoms with Crippen LogP contribution in [0.5, 0.6) is 5.75 Å². The van der Waals surface area contributed by atoms with Crippen molar-refractivity contribution >= 4 is 17.9 Å². The minimum atomic E-state index is -0.637. The second kappa shape index (κ2) is 8.44. The van der Waals surface area contributed by atoms with Gasteiger partial charge in [-0.2, -0.15) is 0 Å². The van der Waals surface area contributed by atoms with E-state index in [1.54, 1.807) is 7.11 Å². The fraction of sp³-hybridized carbons (Fsp3) is 0.682. The van der Waals surface area contributed by atoms with Crippen LogP contribution < -0.4 is 14.8 Å². The molecule has 2 N–H and O–H groups in total. The van der Waals surface area contributed by atoms with E-state index >= 15 is 0 Å². The Balaban J connectivity index is 1.58. The van der Waals surface area contributed by atoms with Crippen LogP contribution in [0, 0.1) is 23.7 Å². The molecule has 2 aliphatic carbocycles. The Kier molecular flexibility index (Phi) is 6.42. The second-order valence-corrected chi connectivity index (χ2v) is 10.0. The summed E-state index contributed by atoms with van der Waals surface area (Å²) in [4.78, 5) is 14.1. The van der Waals surface area contributed by atoms with Crippen molar-refractivity contribution in [3.8, 4) is 5.75 Å². The van der Waals surface area contributed by atoms with Gasteiger partial charge >= 0.3 is 0 Å². The average molecular weight is 391 g/mol. The monoisotopic (exact) mass is 390 g/mol. The van der Waals surface area contributed by atoms with Crippen molar-refractivity contribution < 1.29 is 9.53 Å². The number of rotatable bonds is 6. The SMILES string of the molecule is COc1ccc(SNC(C)(C)C(=O)NC2C(C)CC3CC(C)CC2C3)cc1. The van der Waals surface area contributed by atoms with Crippen molar-refractivity contribution in [1.82, 2.24) is 10.0 Å². The number of hydrogen-bond donors (Lipinski definition) is 2. The highest BCUT2D eigenvalue weighted by atomic mass is 32.2. The molecule has 2 fully saturated rings. The van der Waals surface area contributed by atoms with Gasteiger partial charge in [0, 0.05) is 10.9 Å². The highest BCUT2D eigenvalue weighted by Crippen LogP contribution is 2.44. The van der Waals surface area contributed by atoms with E-state index in [1.165, 1.54) is 37.6 Å². The zero-order chi connectivity index (χ0) is 19.6. The number of carbonyl (C=O) groups is 1. The number of fused-ring (bicyclic) bond motifs is 2. The van der Waals surface area contributed by atoms with Gasteiger partial charge in [0.1, 0.15) is 11.3 Å². The highest BCUT2D eigenvalue weighted by molar-refractivity contribution is 7.97. The molecule has 0 radical (unpaired) electrons. The van der Waals surface area contributed by atoms with Gasteiger partial charge in [-0.15, -0.1) is 0 Å². The van der Waals surface area contributed by atoms with E-state index in [0.717, 1.165) is 22.5 Å². The molecule has 2 aliphatic rings. The van der Waals surface area contributed by atoms with Crippen LogP contribution in [0.1, 0.15) is 53.4 Å². The normalized spacial score (nSPS) is 30.6. The molecule has 1 amide bonds. The van der Waals surface area contributed by atoms with Crippen LogP contribution in [0.25, 0.3) is 0 Å². The van der Waals surface area contributed by atoms with E-state index < -0.39 is 5.54 Å². The summed E-state index contributed by atoms with van der Waals surface area (Å²) in [5.41, 5.74) is -0.637. The molecule has 2 bridgehead atoms. The van der Waals surface area contributed by atoms with E-state index in [9.17, 15) is 4.79 Å². The fourth-order valence-corrected chi connectivity index (χ4v) is 5.63. The number of carbonyl (C=O) groups excluding carboxylic acids is 1. The molecule has 0 aromatic heterocycles. The Hall–Kier alpha value is -1.20. The smallest absolute Gasteiger partial charge is 0.240 e. The van der Waals surface area contributed by atoms with Crippen LogP contribution in [-0.4, -0.2) is 24.6 Å². The highest BCUT2D eigenvalue weighted by Gasteiger charge is 2.42. The molecule has 2 saturated carbocycles. The third kappa shape index (κ3) is 5.00. The lowest BCUT2D eigenvalue weighted by Crippen LogP contribution is -2.58. The number of methoxy groups -OCH3 is 1. The number of benzene rings is 1. The summed E-state index contributed by atoms with van der Waals surface area (Å²) < 4.78 is 8.54. The zero-order valence-electron chi connectivity index (χ0n) is 17.2. The van der Waals surface area contributed by atoms with Crippen molar-refractivity contribution in [2.75, 3.05) is 7.11 Å². The van der Waals surface area contributed by atoms with Crippen LogP contribution in [0.3, 0.4) is 0 Å². The van der Waals surface area contributed by atoms with Gasteiger partial charge in [-0.05, 0) is 99.4 Å². The molecule has 5 heteroatoms. The van der Waals surface area contributed by atoms with Gasteiger partial charge in [-0.25, -0.2) is 4.72 Å². The maximum atomic E-state index is 13.0. The fourth-order valence-electron chi connectivity index (χ4n) is 4.89. The number of nitrogens with one attached hydrogen (secondary N) is 2. The summed E-state index contributed by atoms with van der Waals surface area (Å²) in [6.07, 6.45) is 5.15. The maximum Gasteiger partial charge on any atom is 0.240 e. The van der Waals surface area contributed by atoms with Crippen LogP contribution >= 0.6 is 11.9 Å². The van der Waals surface area contributed by atoms with Crippen LogP contribution in [0.4, 0.5) is 0 Å². The summed E-state index contributed by atoms with van der Waals surface area (Å²) in [7, 11) is 1.66. The Morgan fingerprint density at radius 1 is 1.11 bits per heavy atom. The van der Waals surface area contributed by atoms with Crippen LogP contribution in [0.2, 0.25) is 0 Å². The quantitative estimate of drug-likeness (QED) is 0.694. The molecule has 1 aromatic carbocycles. The molecule has 4 nitrogen and oxygen atoms in total. The molecule has 0 saturated heterocycles. The molecule has 0 aliphatic heterocycles. The summed E-state index contributed by atoms with van der Waals surface area (Å²) in [6, 6.07) is 8.17. The first-order chi connectivity index (χ1) is 12.8. The molecule has 3 rings (SSSR count).